The zero-order chi connectivity index (χ0) is 16.1. The van der Waals surface area contributed by atoms with E-state index < -0.39 is 0 Å². The number of carbonyl (C=O) groups excluding carboxylic acids is 1. The summed E-state index contributed by atoms with van der Waals surface area (Å²) in [5.41, 5.74) is 4.20. The molecule has 0 aliphatic rings. The molecule has 2 aromatic carbocycles. The highest BCUT2D eigenvalue weighted by Gasteiger charge is 2.18. The van der Waals surface area contributed by atoms with Crippen LogP contribution in [0.2, 0.25) is 0 Å². The Kier molecular flexibility index (Phi) is 5.34. The quantitative estimate of drug-likeness (QED) is 0.868. The van der Waals surface area contributed by atoms with E-state index in [1.807, 2.05) is 43.3 Å². The molecule has 1 amide bonds. The maximum atomic E-state index is 12.6. The predicted molar refractivity (Wildman–Crippen MR) is 90.2 cm³/mol. The van der Waals surface area contributed by atoms with Crippen LogP contribution in [0.1, 0.15) is 33.1 Å². The second kappa shape index (κ2) is 7.23. The number of carbonyl (C=O) groups is 1. The molecule has 0 aliphatic carbocycles. The molecule has 0 spiro atoms. The van der Waals surface area contributed by atoms with Gasteiger partial charge in [0.1, 0.15) is 12.6 Å². The standard InChI is InChI=1S/C19H24N2O/c1-14-10-11-17(12-15(14)2)19(22)20-18(13-21(3)4)16-8-6-5-7-9-16/h5-12,18H,13H2,1-4H3,(H,20,22)/p+1/t18-/m1/s1. The van der Waals surface area contributed by atoms with Gasteiger partial charge in [-0.3, -0.25) is 4.79 Å². The van der Waals surface area contributed by atoms with Crippen LogP contribution in [0.3, 0.4) is 0 Å². The Labute approximate surface area is 133 Å². The van der Waals surface area contributed by atoms with Crippen molar-refractivity contribution in [3.63, 3.8) is 0 Å². The Balaban J connectivity index is 2.19. The van der Waals surface area contributed by atoms with Crippen molar-refractivity contribution in [2.45, 2.75) is 19.9 Å². The van der Waals surface area contributed by atoms with E-state index in [1.54, 1.807) is 0 Å². The zero-order valence-electron chi connectivity index (χ0n) is 13.8. The Morgan fingerprint density at radius 2 is 1.73 bits per heavy atom. The minimum atomic E-state index is -0.0156. The maximum absolute atomic E-state index is 12.6. The smallest absolute Gasteiger partial charge is 0.251 e. The molecule has 0 aromatic heterocycles. The van der Waals surface area contributed by atoms with Gasteiger partial charge in [0.2, 0.25) is 0 Å². The minimum absolute atomic E-state index is 0.0142. The fraction of sp³-hybridized carbons (Fsp3) is 0.316. The van der Waals surface area contributed by atoms with Crippen LogP contribution in [0.5, 0.6) is 0 Å². The molecule has 0 aliphatic heterocycles. The van der Waals surface area contributed by atoms with Crippen LogP contribution in [-0.2, 0) is 0 Å². The number of amides is 1. The first-order valence-corrected chi connectivity index (χ1v) is 7.69. The van der Waals surface area contributed by atoms with Crippen molar-refractivity contribution < 1.29 is 9.69 Å². The molecule has 22 heavy (non-hydrogen) atoms. The third-order valence-corrected chi connectivity index (χ3v) is 3.89. The second-order valence-corrected chi connectivity index (χ2v) is 6.15. The Bertz CT molecular complexity index is 635. The third-order valence-electron chi connectivity index (χ3n) is 3.89. The molecule has 0 fully saturated rings. The lowest BCUT2D eigenvalue weighted by Crippen LogP contribution is -3.06. The van der Waals surface area contributed by atoms with E-state index in [9.17, 15) is 4.79 Å². The number of likely N-dealkylation sites (N-methyl/N-ethyl adjacent to an activating group) is 1. The molecular weight excluding hydrogens is 272 g/mol. The van der Waals surface area contributed by atoms with Gasteiger partial charge in [-0.2, -0.15) is 0 Å². The molecule has 0 saturated carbocycles. The maximum Gasteiger partial charge on any atom is 0.251 e. The van der Waals surface area contributed by atoms with E-state index in [0.717, 1.165) is 23.2 Å². The van der Waals surface area contributed by atoms with Crippen molar-refractivity contribution in [1.82, 2.24) is 5.32 Å². The molecule has 3 nitrogen and oxygen atoms in total. The van der Waals surface area contributed by atoms with Crippen LogP contribution >= 0.6 is 0 Å². The number of rotatable bonds is 5. The molecule has 1 atom stereocenters. The minimum Gasteiger partial charge on any atom is -0.340 e. The van der Waals surface area contributed by atoms with E-state index in [1.165, 1.54) is 10.5 Å². The van der Waals surface area contributed by atoms with E-state index in [-0.39, 0.29) is 11.9 Å². The summed E-state index contributed by atoms with van der Waals surface area (Å²) in [5.74, 6) is -0.0156. The average Bonchev–Trinajstić information content (AvgIpc) is 2.49. The molecule has 2 N–H and O–H groups in total. The summed E-state index contributed by atoms with van der Waals surface area (Å²) in [6.45, 7) is 4.94. The number of quaternary nitrogens is 1. The van der Waals surface area contributed by atoms with Crippen LogP contribution in [0.4, 0.5) is 0 Å². The normalized spacial score (nSPS) is 12.2. The van der Waals surface area contributed by atoms with Crippen molar-refractivity contribution in [1.29, 1.82) is 0 Å². The molecular formula is C19H25N2O+. The summed E-state index contributed by atoms with van der Waals surface area (Å²) in [6, 6.07) is 16.0. The highest BCUT2D eigenvalue weighted by atomic mass is 16.1. The topological polar surface area (TPSA) is 33.5 Å². The van der Waals surface area contributed by atoms with Crippen LogP contribution in [0.25, 0.3) is 0 Å². The van der Waals surface area contributed by atoms with E-state index >= 15 is 0 Å². The highest BCUT2D eigenvalue weighted by Crippen LogP contribution is 2.14. The monoisotopic (exact) mass is 297 g/mol. The summed E-state index contributed by atoms with van der Waals surface area (Å²) in [6.07, 6.45) is 0. The highest BCUT2D eigenvalue weighted by molar-refractivity contribution is 5.94. The lowest BCUT2D eigenvalue weighted by molar-refractivity contribution is -0.860. The van der Waals surface area contributed by atoms with E-state index in [0.29, 0.717) is 0 Å². The van der Waals surface area contributed by atoms with Gasteiger partial charge in [0.25, 0.3) is 5.91 Å². The summed E-state index contributed by atoms with van der Waals surface area (Å²) in [7, 11) is 4.19. The number of nitrogens with one attached hydrogen (secondary N) is 2. The van der Waals surface area contributed by atoms with Gasteiger partial charge in [-0.1, -0.05) is 36.4 Å². The fourth-order valence-corrected chi connectivity index (χ4v) is 2.47. The Morgan fingerprint density at radius 3 is 2.32 bits per heavy atom. The lowest BCUT2D eigenvalue weighted by Gasteiger charge is -2.21. The van der Waals surface area contributed by atoms with Crippen LogP contribution in [0, 0.1) is 13.8 Å². The number of benzene rings is 2. The first-order chi connectivity index (χ1) is 10.5. The van der Waals surface area contributed by atoms with Gasteiger partial charge in [0.05, 0.1) is 14.1 Å². The van der Waals surface area contributed by atoms with Gasteiger partial charge in [0, 0.05) is 5.56 Å². The number of aryl methyl sites for hydroxylation is 2. The van der Waals surface area contributed by atoms with Gasteiger partial charge in [-0.05, 0) is 42.7 Å². The molecule has 0 heterocycles. The fourth-order valence-electron chi connectivity index (χ4n) is 2.47. The molecule has 0 unspecified atom stereocenters. The van der Waals surface area contributed by atoms with E-state index in [2.05, 4.69) is 38.5 Å². The molecule has 0 bridgehead atoms. The summed E-state index contributed by atoms with van der Waals surface area (Å²) in [5, 5.41) is 3.17. The molecule has 0 radical (unpaired) electrons. The molecule has 2 aromatic rings. The number of hydrogen-bond donors (Lipinski definition) is 2. The SMILES string of the molecule is Cc1ccc(C(=O)N[C@H](C[NH+](C)C)c2ccccc2)cc1C. The van der Waals surface area contributed by atoms with Gasteiger partial charge < -0.3 is 10.2 Å². The average molecular weight is 297 g/mol. The van der Waals surface area contributed by atoms with Crippen LogP contribution < -0.4 is 10.2 Å². The molecule has 2 rings (SSSR count). The van der Waals surface area contributed by atoms with Crippen molar-refractivity contribution in [2.24, 2.45) is 0 Å². The van der Waals surface area contributed by atoms with Gasteiger partial charge >= 0.3 is 0 Å². The van der Waals surface area contributed by atoms with Crippen molar-refractivity contribution in [2.75, 3.05) is 20.6 Å². The van der Waals surface area contributed by atoms with Crippen LogP contribution in [-0.4, -0.2) is 26.5 Å². The second-order valence-electron chi connectivity index (χ2n) is 6.15. The molecule has 116 valence electrons. The third kappa shape index (κ3) is 4.18. The van der Waals surface area contributed by atoms with Gasteiger partial charge in [-0.15, -0.1) is 0 Å². The lowest BCUT2D eigenvalue weighted by atomic mass is 10.0. The molecule has 0 saturated heterocycles. The summed E-state index contributed by atoms with van der Waals surface area (Å²) in [4.78, 5) is 13.9. The largest absolute Gasteiger partial charge is 0.340 e. The molecule has 3 heteroatoms. The summed E-state index contributed by atoms with van der Waals surface area (Å²) >= 11 is 0. The van der Waals surface area contributed by atoms with Crippen LogP contribution in [0.15, 0.2) is 48.5 Å². The predicted octanol–water partition coefficient (Wildman–Crippen LogP) is 1.92. The van der Waals surface area contributed by atoms with Gasteiger partial charge in [-0.25, -0.2) is 0 Å². The van der Waals surface area contributed by atoms with Crippen molar-refractivity contribution in [3.05, 3.63) is 70.8 Å². The number of hydrogen-bond acceptors (Lipinski definition) is 1. The summed E-state index contributed by atoms with van der Waals surface area (Å²) < 4.78 is 0. The van der Waals surface area contributed by atoms with Gasteiger partial charge in [0.15, 0.2) is 0 Å². The zero-order valence-corrected chi connectivity index (χ0v) is 13.8. The first-order valence-electron chi connectivity index (χ1n) is 7.69. The van der Waals surface area contributed by atoms with Crippen molar-refractivity contribution >= 4 is 5.91 Å². The Hall–Kier alpha value is -2.13. The Morgan fingerprint density at radius 1 is 1.05 bits per heavy atom. The first kappa shape index (κ1) is 16.2. The van der Waals surface area contributed by atoms with E-state index in [4.69, 9.17) is 0 Å². The van der Waals surface area contributed by atoms with Crippen molar-refractivity contribution in [3.8, 4) is 0 Å².